The Labute approximate surface area is 186 Å². The molecular formula is C25H33NO4S. The van der Waals surface area contributed by atoms with E-state index in [1.165, 1.54) is 5.56 Å². The van der Waals surface area contributed by atoms with Gasteiger partial charge in [-0.05, 0) is 67.5 Å². The minimum Gasteiger partial charge on any atom is -0.481 e. The number of ether oxygens (including phenoxy) is 1. The quantitative estimate of drug-likeness (QED) is 0.636. The van der Waals surface area contributed by atoms with E-state index >= 15 is 0 Å². The predicted octanol–water partition coefficient (Wildman–Crippen LogP) is 4.41. The second-order valence-electron chi connectivity index (χ2n) is 8.93. The fraction of sp³-hybridized carbons (Fsp3) is 0.480. The molecule has 0 bridgehead atoms. The van der Waals surface area contributed by atoms with Crippen LogP contribution in [0.1, 0.15) is 55.4 Å². The van der Waals surface area contributed by atoms with Gasteiger partial charge in [0.05, 0.1) is 11.5 Å². The van der Waals surface area contributed by atoms with Crippen LogP contribution >= 0.6 is 0 Å². The van der Waals surface area contributed by atoms with E-state index < -0.39 is 15.9 Å². The second kappa shape index (κ2) is 9.43. The van der Waals surface area contributed by atoms with Crippen molar-refractivity contribution in [1.82, 2.24) is 4.90 Å². The maximum absolute atomic E-state index is 13.4. The molecule has 2 aromatic carbocycles. The normalized spacial score (nSPS) is 18.7. The minimum absolute atomic E-state index is 0.0131. The molecule has 2 aromatic rings. The summed E-state index contributed by atoms with van der Waals surface area (Å²) in [5, 5.41) is 0. The van der Waals surface area contributed by atoms with Crippen LogP contribution in [-0.4, -0.2) is 42.9 Å². The molecule has 1 fully saturated rings. The zero-order valence-corrected chi connectivity index (χ0v) is 19.9. The third kappa shape index (κ3) is 5.88. The van der Waals surface area contributed by atoms with Crippen LogP contribution in [0, 0.1) is 13.8 Å². The largest absolute Gasteiger partial charge is 0.481 e. The minimum atomic E-state index is -3.11. The summed E-state index contributed by atoms with van der Waals surface area (Å²) in [7, 11) is -3.11. The highest BCUT2D eigenvalue weighted by Gasteiger charge is 2.36. The Morgan fingerprint density at radius 2 is 1.74 bits per heavy atom. The first-order valence-corrected chi connectivity index (χ1v) is 12.7. The smallest absolute Gasteiger partial charge is 0.263 e. The molecule has 0 spiro atoms. The number of nitrogens with zero attached hydrogens (tertiary/aromatic N) is 1. The van der Waals surface area contributed by atoms with Gasteiger partial charge in [0.2, 0.25) is 0 Å². The van der Waals surface area contributed by atoms with Crippen molar-refractivity contribution in [2.45, 2.75) is 65.6 Å². The summed E-state index contributed by atoms with van der Waals surface area (Å²) in [5.41, 5.74) is 4.48. The first-order valence-electron chi connectivity index (χ1n) is 10.9. The molecule has 3 rings (SSSR count). The van der Waals surface area contributed by atoms with Crippen LogP contribution in [0.2, 0.25) is 0 Å². The molecule has 0 N–H and O–H groups in total. The van der Waals surface area contributed by atoms with Crippen molar-refractivity contribution in [2.75, 3.05) is 11.5 Å². The lowest BCUT2D eigenvalue weighted by molar-refractivity contribution is -0.140. The van der Waals surface area contributed by atoms with Crippen LogP contribution in [0.4, 0.5) is 0 Å². The third-order valence-electron chi connectivity index (χ3n) is 6.07. The lowest BCUT2D eigenvalue weighted by atomic mass is 10.0. The number of carbonyl (C=O) groups is 1. The Morgan fingerprint density at radius 1 is 1.06 bits per heavy atom. The van der Waals surface area contributed by atoms with Gasteiger partial charge in [0, 0.05) is 12.6 Å². The molecule has 168 valence electrons. The molecule has 6 heteroatoms. The Morgan fingerprint density at radius 3 is 2.29 bits per heavy atom. The fourth-order valence-corrected chi connectivity index (χ4v) is 5.62. The number of amides is 1. The van der Waals surface area contributed by atoms with Crippen LogP contribution in [0.3, 0.4) is 0 Å². The Bertz CT molecular complexity index is 1030. The molecule has 2 unspecified atom stereocenters. The summed E-state index contributed by atoms with van der Waals surface area (Å²) in [4.78, 5) is 15.1. The number of hydrogen-bond acceptors (Lipinski definition) is 4. The van der Waals surface area contributed by atoms with E-state index in [4.69, 9.17) is 4.74 Å². The molecule has 1 aliphatic heterocycles. The molecule has 31 heavy (non-hydrogen) atoms. The van der Waals surface area contributed by atoms with Crippen molar-refractivity contribution in [3.8, 4) is 5.75 Å². The van der Waals surface area contributed by atoms with Crippen molar-refractivity contribution in [2.24, 2.45) is 0 Å². The summed E-state index contributed by atoms with van der Waals surface area (Å²) in [6.45, 7) is 10.4. The van der Waals surface area contributed by atoms with Crippen molar-refractivity contribution < 1.29 is 17.9 Å². The lowest BCUT2D eigenvalue weighted by Crippen LogP contribution is -2.46. The molecule has 1 aliphatic rings. The fourth-order valence-electron chi connectivity index (χ4n) is 3.89. The van der Waals surface area contributed by atoms with Crippen molar-refractivity contribution in [1.29, 1.82) is 0 Å². The summed E-state index contributed by atoms with van der Waals surface area (Å²) >= 11 is 0. The molecular weight excluding hydrogens is 410 g/mol. The number of carbonyl (C=O) groups excluding carboxylic acids is 1. The molecule has 0 radical (unpaired) electrons. The molecule has 0 saturated carbocycles. The predicted molar refractivity (Wildman–Crippen MR) is 124 cm³/mol. The maximum atomic E-state index is 13.4. The van der Waals surface area contributed by atoms with E-state index in [-0.39, 0.29) is 23.5 Å². The summed E-state index contributed by atoms with van der Waals surface area (Å²) in [6, 6.07) is 13.6. The molecule has 1 heterocycles. The summed E-state index contributed by atoms with van der Waals surface area (Å²) < 4.78 is 30.2. The summed E-state index contributed by atoms with van der Waals surface area (Å²) in [5.74, 6) is 1.02. The standard InChI is InChI=1S/C25H33NO4S/c1-17(2)22-9-7-21(8-10-22)15-26(23-12-13-31(28,29)16-23)25(27)20(5)30-24-11-6-18(3)19(4)14-24/h6-11,14,17,20,23H,12-13,15-16H2,1-5H3. The van der Waals surface area contributed by atoms with Crippen molar-refractivity contribution >= 4 is 15.7 Å². The molecule has 1 amide bonds. The second-order valence-corrected chi connectivity index (χ2v) is 11.2. The van der Waals surface area contributed by atoms with E-state index in [9.17, 15) is 13.2 Å². The first-order chi connectivity index (χ1) is 14.6. The number of benzene rings is 2. The number of hydrogen-bond donors (Lipinski definition) is 0. The molecule has 5 nitrogen and oxygen atoms in total. The highest BCUT2D eigenvalue weighted by atomic mass is 32.2. The van der Waals surface area contributed by atoms with Gasteiger partial charge >= 0.3 is 0 Å². The molecule has 0 aliphatic carbocycles. The maximum Gasteiger partial charge on any atom is 0.263 e. The van der Waals surface area contributed by atoms with E-state index in [0.717, 1.165) is 16.7 Å². The van der Waals surface area contributed by atoms with Gasteiger partial charge in [-0.15, -0.1) is 0 Å². The third-order valence-corrected chi connectivity index (χ3v) is 7.82. The van der Waals surface area contributed by atoms with Gasteiger partial charge in [-0.25, -0.2) is 8.42 Å². The van der Waals surface area contributed by atoms with Crippen LogP contribution in [-0.2, 0) is 21.2 Å². The SMILES string of the molecule is Cc1ccc(OC(C)C(=O)N(Cc2ccc(C(C)C)cc2)C2CCS(=O)(=O)C2)cc1C. The number of sulfone groups is 1. The van der Waals surface area contributed by atoms with Gasteiger partial charge in [-0.2, -0.15) is 0 Å². The van der Waals surface area contributed by atoms with Crippen LogP contribution in [0.25, 0.3) is 0 Å². The number of aryl methyl sites for hydroxylation is 2. The highest BCUT2D eigenvalue weighted by Crippen LogP contribution is 2.24. The van der Waals surface area contributed by atoms with Crippen molar-refractivity contribution in [3.05, 3.63) is 64.7 Å². The Hall–Kier alpha value is -2.34. The van der Waals surface area contributed by atoms with Gasteiger partial charge in [0.1, 0.15) is 5.75 Å². The van der Waals surface area contributed by atoms with Crippen molar-refractivity contribution in [3.63, 3.8) is 0 Å². The van der Waals surface area contributed by atoms with Gasteiger partial charge in [0.15, 0.2) is 15.9 Å². The molecule has 0 aromatic heterocycles. The van der Waals surface area contributed by atoms with E-state index in [2.05, 4.69) is 26.0 Å². The Kier molecular flexibility index (Phi) is 7.10. The number of rotatable bonds is 7. The van der Waals surface area contributed by atoms with Crippen LogP contribution in [0.5, 0.6) is 5.75 Å². The monoisotopic (exact) mass is 443 g/mol. The zero-order chi connectivity index (χ0) is 22.8. The first kappa shape index (κ1) is 23.3. The van der Waals surface area contributed by atoms with Gasteiger partial charge in [-0.3, -0.25) is 4.79 Å². The topological polar surface area (TPSA) is 63.7 Å². The zero-order valence-electron chi connectivity index (χ0n) is 19.1. The summed E-state index contributed by atoms with van der Waals surface area (Å²) in [6.07, 6.45) is -0.241. The molecule has 1 saturated heterocycles. The average Bonchev–Trinajstić information content (AvgIpc) is 3.08. The van der Waals surface area contributed by atoms with Gasteiger partial charge in [-0.1, -0.05) is 44.2 Å². The lowest BCUT2D eigenvalue weighted by Gasteiger charge is -2.31. The van der Waals surface area contributed by atoms with E-state index in [1.807, 2.05) is 44.2 Å². The highest BCUT2D eigenvalue weighted by molar-refractivity contribution is 7.91. The van der Waals surface area contributed by atoms with Crippen LogP contribution < -0.4 is 4.74 Å². The average molecular weight is 444 g/mol. The van der Waals surface area contributed by atoms with E-state index in [1.54, 1.807) is 11.8 Å². The van der Waals surface area contributed by atoms with Gasteiger partial charge < -0.3 is 9.64 Å². The Balaban J connectivity index is 1.80. The van der Waals surface area contributed by atoms with Gasteiger partial charge in [0.25, 0.3) is 5.91 Å². The molecule has 2 atom stereocenters. The van der Waals surface area contributed by atoms with E-state index in [0.29, 0.717) is 24.6 Å². The van der Waals surface area contributed by atoms with Crippen LogP contribution in [0.15, 0.2) is 42.5 Å².